The van der Waals surface area contributed by atoms with Crippen molar-refractivity contribution in [1.29, 1.82) is 0 Å². The van der Waals surface area contributed by atoms with Gasteiger partial charge in [-0.05, 0) is 49.7 Å². The van der Waals surface area contributed by atoms with E-state index in [-0.39, 0.29) is 24.1 Å². The Bertz CT molecular complexity index is 1430. The number of nitrogens with two attached hydrogens (primary N) is 1. The Labute approximate surface area is 205 Å². The number of sulfone groups is 1. The lowest BCUT2D eigenvalue weighted by Gasteiger charge is -2.11. The average Bonchev–Trinajstić information content (AvgIpc) is 3.59. The van der Waals surface area contributed by atoms with Gasteiger partial charge in [-0.25, -0.2) is 18.4 Å². The van der Waals surface area contributed by atoms with E-state index in [2.05, 4.69) is 25.5 Å². The summed E-state index contributed by atoms with van der Waals surface area (Å²) < 4.78 is 31.6. The van der Waals surface area contributed by atoms with Gasteiger partial charge < -0.3 is 15.5 Å². The maximum absolute atomic E-state index is 12.9. The third-order valence-electron chi connectivity index (χ3n) is 6.23. The summed E-state index contributed by atoms with van der Waals surface area (Å²) in [7, 11) is -1.42. The van der Waals surface area contributed by atoms with Crippen LogP contribution in [-0.4, -0.2) is 40.9 Å². The Kier molecular flexibility index (Phi) is 6.31. The maximum atomic E-state index is 12.9. The Hall–Kier alpha value is -3.63. The van der Waals surface area contributed by atoms with Crippen LogP contribution >= 0.6 is 0 Å². The molecule has 1 saturated carbocycles. The number of nitrogen functional groups attached to an aromatic ring is 1. The number of hydrogen-bond donors (Lipinski definition) is 2. The largest absolute Gasteiger partial charge is 0.414 e. The molecule has 1 fully saturated rings. The van der Waals surface area contributed by atoms with Gasteiger partial charge in [-0.1, -0.05) is 37.1 Å². The standard InChI is InChI=1S/C25H26N6O3S.H2/c1-27-14-16-6-8-18(9-7-16)24-30-31-25(34-24)22-23(26)28-15-21(29-22)17-10-12-20(13-11-17)35(32,33)19-4-2-3-5-19;/h6-13,15,19,27H,2-5,14H2,1H3,(H2,26,28);1H. The van der Waals surface area contributed by atoms with E-state index in [1.807, 2.05) is 31.3 Å². The van der Waals surface area contributed by atoms with E-state index in [4.69, 9.17) is 10.2 Å². The molecule has 2 aromatic carbocycles. The molecule has 0 saturated heterocycles. The highest BCUT2D eigenvalue weighted by Gasteiger charge is 2.30. The monoisotopic (exact) mass is 492 g/mol. The molecule has 182 valence electrons. The fourth-order valence-corrected chi connectivity index (χ4v) is 6.16. The van der Waals surface area contributed by atoms with Crippen molar-refractivity contribution in [3.63, 3.8) is 0 Å². The minimum absolute atomic E-state index is 0. The van der Waals surface area contributed by atoms with Crippen molar-refractivity contribution >= 4 is 15.7 Å². The van der Waals surface area contributed by atoms with Crippen LogP contribution in [0.15, 0.2) is 64.0 Å². The quantitative estimate of drug-likeness (QED) is 0.390. The van der Waals surface area contributed by atoms with Crippen molar-refractivity contribution in [2.75, 3.05) is 12.8 Å². The highest BCUT2D eigenvalue weighted by Crippen LogP contribution is 2.32. The van der Waals surface area contributed by atoms with Gasteiger partial charge in [0.2, 0.25) is 5.89 Å². The molecule has 0 unspecified atom stereocenters. The molecule has 2 heterocycles. The van der Waals surface area contributed by atoms with E-state index in [1.165, 1.54) is 6.20 Å². The highest BCUT2D eigenvalue weighted by atomic mass is 32.2. The van der Waals surface area contributed by atoms with Crippen molar-refractivity contribution in [2.45, 2.75) is 42.4 Å². The average molecular weight is 493 g/mol. The zero-order valence-electron chi connectivity index (χ0n) is 19.3. The predicted octanol–water partition coefficient (Wildman–Crippen LogP) is 4.12. The van der Waals surface area contributed by atoms with Crippen LogP contribution in [0.25, 0.3) is 34.3 Å². The predicted molar refractivity (Wildman–Crippen MR) is 135 cm³/mol. The number of rotatable bonds is 7. The Morgan fingerprint density at radius 2 is 1.66 bits per heavy atom. The Morgan fingerprint density at radius 3 is 2.34 bits per heavy atom. The van der Waals surface area contributed by atoms with Crippen molar-refractivity contribution in [2.24, 2.45) is 0 Å². The molecule has 10 heteroatoms. The zero-order chi connectivity index (χ0) is 24.4. The molecule has 3 N–H and O–H groups in total. The molecule has 4 aromatic rings. The van der Waals surface area contributed by atoms with E-state index in [0.29, 0.717) is 22.0 Å². The number of nitrogens with zero attached hydrogens (tertiary/aromatic N) is 4. The lowest BCUT2D eigenvalue weighted by atomic mass is 10.1. The zero-order valence-corrected chi connectivity index (χ0v) is 20.1. The molecular formula is C25H28N6O3S. The van der Waals surface area contributed by atoms with Gasteiger partial charge in [0.15, 0.2) is 21.3 Å². The maximum Gasteiger partial charge on any atom is 0.270 e. The van der Waals surface area contributed by atoms with Gasteiger partial charge in [-0.15, -0.1) is 10.2 Å². The second kappa shape index (κ2) is 9.55. The SMILES string of the molecule is CNCc1ccc(-c2nnc(-c3nc(-c4ccc(S(=O)(=O)C5CCCC5)cc4)cnc3N)o2)cc1.[HH]. The topological polar surface area (TPSA) is 137 Å². The third kappa shape index (κ3) is 4.67. The molecule has 0 spiro atoms. The van der Waals surface area contributed by atoms with E-state index in [9.17, 15) is 8.42 Å². The van der Waals surface area contributed by atoms with E-state index in [1.54, 1.807) is 24.3 Å². The number of nitrogens with one attached hydrogen (secondary N) is 1. The van der Waals surface area contributed by atoms with Crippen LogP contribution in [0.3, 0.4) is 0 Å². The Morgan fingerprint density at radius 1 is 1.00 bits per heavy atom. The fraction of sp³-hybridized carbons (Fsp3) is 0.280. The molecule has 1 aliphatic carbocycles. The number of hydrogen-bond acceptors (Lipinski definition) is 9. The van der Waals surface area contributed by atoms with Crippen molar-refractivity contribution in [1.82, 2.24) is 25.5 Å². The summed E-state index contributed by atoms with van der Waals surface area (Å²) in [6.07, 6.45) is 4.92. The van der Waals surface area contributed by atoms with Crippen LogP contribution in [0.5, 0.6) is 0 Å². The summed E-state index contributed by atoms with van der Waals surface area (Å²) in [4.78, 5) is 9.16. The summed E-state index contributed by atoms with van der Waals surface area (Å²) in [5.74, 6) is 0.671. The normalized spacial score (nSPS) is 14.4. The van der Waals surface area contributed by atoms with Gasteiger partial charge in [-0.3, -0.25) is 0 Å². The number of aromatic nitrogens is 4. The van der Waals surface area contributed by atoms with Crippen LogP contribution in [0, 0.1) is 0 Å². The summed E-state index contributed by atoms with van der Waals surface area (Å²) in [5.41, 5.74) is 9.50. The molecule has 0 atom stereocenters. The summed E-state index contributed by atoms with van der Waals surface area (Å²) in [6, 6.07) is 14.5. The fourth-order valence-electron chi connectivity index (χ4n) is 4.31. The second-order valence-corrected chi connectivity index (χ2v) is 10.8. The minimum Gasteiger partial charge on any atom is -0.414 e. The molecule has 0 bridgehead atoms. The lowest BCUT2D eigenvalue weighted by molar-refractivity contribution is 0.579. The molecule has 1 aliphatic rings. The van der Waals surface area contributed by atoms with Gasteiger partial charge in [0, 0.05) is 19.1 Å². The van der Waals surface area contributed by atoms with Gasteiger partial charge in [-0.2, -0.15) is 0 Å². The van der Waals surface area contributed by atoms with Crippen LogP contribution < -0.4 is 11.1 Å². The summed E-state index contributed by atoms with van der Waals surface area (Å²) in [6.45, 7) is 0.766. The van der Waals surface area contributed by atoms with Crippen LogP contribution in [0.2, 0.25) is 0 Å². The number of benzene rings is 2. The molecule has 9 nitrogen and oxygen atoms in total. The van der Waals surface area contributed by atoms with E-state index in [0.717, 1.165) is 43.4 Å². The van der Waals surface area contributed by atoms with Crippen molar-refractivity contribution in [3.8, 4) is 34.3 Å². The first-order chi connectivity index (χ1) is 17.0. The summed E-state index contributed by atoms with van der Waals surface area (Å²) >= 11 is 0. The van der Waals surface area contributed by atoms with Crippen LogP contribution in [-0.2, 0) is 16.4 Å². The minimum atomic E-state index is -3.32. The van der Waals surface area contributed by atoms with Crippen LogP contribution in [0.4, 0.5) is 5.82 Å². The van der Waals surface area contributed by atoms with Gasteiger partial charge >= 0.3 is 0 Å². The molecule has 5 rings (SSSR count). The van der Waals surface area contributed by atoms with Gasteiger partial charge in [0.05, 0.1) is 22.0 Å². The molecule has 35 heavy (non-hydrogen) atoms. The van der Waals surface area contributed by atoms with E-state index >= 15 is 0 Å². The first kappa shape index (κ1) is 23.1. The number of anilines is 1. The molecule has 0 radical (unpaired) electrons. The molecular weight excluding hydrogens is 464 g/mol. The first-order valence-electron chi connectivity index (χ1n) is 11.5. The first-order valence-corrected chi connectivity index (χ1v) is 13.0. The van der Waals surface area contributed by atoms with Gasteiger partial charge in [0.25, 0.3) is 5.89 Å². The highest BCUT2D eigenvalue weighted by molar-refractivity contribution is 7.92. The van der Waals surface area contributed by atoms with Crippen LogP contribution in [0.1, 0.15) is 32.7 Å². The summed E-state index contributed by atoms with van der Waals surface area (Å²) in [5, 5.41) is 11.1. The smallest absolute Gasteiger partial charge is 0.270 e. The lowest BCUT2D eigenvalue weighted by Crippen LogP contribution is -2.17. The van der Waals surface area contributed by atoms with Crippen molar-refractivity contribution < 1.29 is 14.3 Å². The molecule has 0 amide bonds. The van der Waals surface area contributed by atoms with E-state index < -0.39 is 9.84 Å². The third-order valence-corrected chi connectivity index (χ3v) is 8.51. The second-order valence-electron chi connectivity index (χ2n) is 8.60. The molecule has 2 aromatic heterocycles. The van der Waals surface area contributed by atoms with Crippen molar-refractivity contribution in [3.05, 3.63) is 60.3 Å². The molecule has 0 aliphatic heterocycles. The Balaban J connectivity index is 0.00000304. The van der Waals surface area contributed by atoms with Gasteiger partial charge in [0.1, 0.15) is 0 Å².